The highest BCUT2D eigenvalue weighted by Gasteiger charge is 2.14. The van der Waals surface area contributed by atoms with Gasteiger partial charge >= 0.3 is 0 Å². The molecule has 2 aromatic rings. The number of nitrogens with one attached hydrogen (secondary N) is 1. The third-order valence-corrected chi connectivity index (χ3v) is 4.49. The Bertz CT molecular complexity index is 670. The quantitative estimate of drug-likeness (QED) is 0.869. The molecule has 122 valence electrons. The van der Waals surface area contributed by atoms with E-state index in [9.17, 15) is 4.39 Å². The number of hydrogen-bond acceptors (Lipinski definition) is 3. The highest BCUT2D eigenvalue weighted by atomic mass is 35.5. The van der Waals surface area contributed by atoms with Gasteiger partial charge in [-0.15, -0.1) is 0 Å². The molecule has 0 bridgehead atoms. The Hall–Kier alpha value is -1.49. The van der Waals surface area contributed by atoms with Gasteiger partial charge in [-0.25, -0.2) is 4.39 Å². The molecule has 1 aliphatic rings. The number of hydrogen-bond donors (Lipinski definition) is 1. The first-order chi connectivity index (χ1) is 11.1. The van der Waals surface area contributed by atoms with Crippen LogP contribution in [0.5, 0.6) is 0 Å². The molecule has 2 aromatic carbocycles. The Morgan fingerprint density at radius 2 is 1.87 bits per heavy atom. The summed E-state index contributed by atoms with van der Waals surface area (Å²) in [7, 11) is 0. The second-order valence-electron chi connectivity index (χ2n) is 5.32. The van der Waals surface area contributed by atoms with E-state index in [1.54, 1.807) is 12.1 Å². The third-order valence-electron chi connectivity index (χ3n) is 3.83. The molecule has 3 nitrogen and oxygen atoms in total. The molecule has 0 atom stereocenters. The molecule has 0 saturated carbocycles. The van der Waals surface area contributed by atoms with Crippen LogP contribution in [0.15, 0.2) is 36.4 Å². The lowest BCUT2D eigenvalue weighted by molar-refractivity contribution is 0.122. The van der Waals surface area contributed by atoms with E-state index < -0.39 is 0 Å². The SMILES string of the molecule is Fc1cccc(Cl)c1CNc1ccc(N2CCOCC2)c(Cl)c1. The lowest BCUT2D eigenvalue weighted by atomic mass is 10.2. The van der Waals surface area contributed by atoms with Crippen molar-refractivity contribution in [1.29, 1.82) is 0 Å². The van der Waals surface area contributed by atoms with Crippen LogP contribution in [-0.2, 0) is 11.3 Å². The first kappa shape index (κ1) is 16.4. The fourth-order valence-electron chi connectivity index (χ4n) is 2.57. The fourth-order valence-corrected chi connectivity index (χ4v) is 3.10. The summed E-state index contributed by atoms with van der Waals surface area (Å²) in [5.41, 5.74) is 2.26. The Morgan fingerprint density at radius 3 is 2.57 bits per heavy atom. The molecule has 0 spiro atoms. The van der Waals surface area contributed by atoms with Crippen molar-refractivity contribution in [2.75, 3.05) is 36.5 Å². The topological polar surface area (TPSA) is 24.5 Å². The van der Waals surface area contributed by atoms with Gasteiger partial charge in [0.2, 0.25) is 0 Å². The normalized spacial score (nSPS) is 14.8. The van der Waals surface area contributed by atoms with Crippen molar-refractivity contribution >= 4 is 34.6 Å². The molecular formula is C17H17Cl2FN2O. The molecule has 1 fully saturated rings. The van der Waals surface area contributed by atoms with Gasteiger partial charge < -0.3 is 15.0 Å². The van der Waals surface area contributed by atoms with Crippen molar-refractivity contribution in [3.05, 3.63) is 57.8 Å². The Balaban J connectivity index is 1.70. The van der Waals surface area contributed by atoms with E-state index >= 15 is 0 Å². The first-order valence-electron chi connectivity index (χ1n) is 7.44. The third kappa shape index (κ3) is 3.89. The zero-order chi connectivity index (χ0) is 16.2. The maximum absolute atomic E-state index is 13.8. The minimum absolute atomic E-state index is 0.304. The van der Waals surface area contributed by atoms with Crippen LogP contribution in [-0.4, -0.2) is 26.3 Å². The molecular weight excluding hydrogens is 338 g/mol. The summed E-state index contributed by atoms with van der Waals surface area (Å²) in [6, 6.07) is 10.4. The number of anilines is 2. The molecule has 0 aromatic heterocycles. The number of benzene rings is 2. The molecule has 1 N–H and O–H groups in total. The summed E-state index contributed by atoms with van der Waals surface area (Å²) in [5, 5.41) is 4.24. The van der Waals surface area contributed by atoms with Crippen LogP contribution in [0, 0.1) is 5.82 Å². The summed E-state index contributed by atoms with van der Waals surface area (Å²) in [6.07, 6.45) is 0. The van der Waals surface area contributed by atoms with Crippen LogP contribution in [0.2, 0.25) is 10.0 Å². The molecule has 0 radical (unpaired) electrons. The van der Waals surface area contributed by atoms with E-state index in [2.05, 4.69) is 10.2 Å². The summed E-state index contributed by atoms with van der Waals surface area (Å²) < 4.78 is 19.1. The molecule has 1 aliphatic heterocycles. The minimum atomic E-state index is -0.318. The van der Waals surface area contributed by atoms with Crippen molar-refractivity contribution in [3.63, 3.8) is 0 Å². The van der Waals surface area contributed by atoms with E-state index in [0.29, 0.717) is 35.4 Å². The van der Waals surface area contributed by atoms with Gasteiger partial charge in [-0.1, -0.05) is 29.3 Å². The van der Waals surface area contributed by atoms with E-state index in [1.165, 1.54) is 6.07 Å². The van der Waals surface area contributed by atoms with Gasteiger partial charge in [-0.3, -0.25) is 0 Å². The van der Waals surface area contributed by atoms with Crippen LogP contribution in [0.3, 0.4) is 0 Å². The van der Waals surface area contributed by atoms with Gasteiger partial charge in [0.1, 0.15) is 5.82 Å². The molecule has 1 heterocycles. The smallest absolute Gasteiger partial charge is 0.129 e. The van der Waals surface area contributed by atoms with Crippen molar-refractivity contribution in [3.8, 4) is 0 Å². The summed E-state index contributed by atoms with van der Waals surface area (Å²) in [4.78, 5) is 2.20. The number of ether oxygens (including phenoxy) is 1. The van der Waals surface area contributed by atoms with Gasteiger partial charge in [0, 0.05) is 35.9 Å². The van der Waals surface area contributed by atoms with Crippen molar-refractivity contribution in [2.45, 2.75) is 6.54 Å². The van der Waals surface area contributed by atoms with Crippen LogP contribution >= 0.6 is 23.2 Å². The largest absolute Gasteiger partial charge is 0.381 e. The Kier molecular flexibility index (Phi) is 5.26. The van der Waals surface area contributed by atoms with Crippen LogP contribution in [0.1, 0.15) is 5.56 Å². The van der Waals surface area contributed by atoms with Crippen LogP contribution < -0.4 is 10.2 Å². The molecule has 0 amide bonds. The number of nitrogens with zero attached hydrogens (tertiary/aromatic N) is 1. The standard InChI is InChI=1S/C17H17Cl2FN2O/c18-14-2-1-3-16(20)13(14)11-21-12-4-5-17(15(19)10-12)22-6-8-23-9-7-22/h1-5,10,21H,6-9,11H2. The molecule has 23 heavy (non-hydrogen) atoms. The molecule has 6 heteroatoms. The summed E-state index contributed by atoms with van der Waals surface area (Å²) in [5.74, 6) is -0.318. The highest BCUT2D eigenvalue weighted by molar-refractivity contribution is 6.33. The van der Waals surface area contributed by atoms with Crippen molar-refractivity contribution in [2.24, 2.45) is 0 Å². The van der Waals surface area contributed by atoms with Crippen LogP contribution in [0.25, 0.3) is 0 Å². The van der Waals surface area contributed by atoms with Gasteiger partial charge in [0.05, 0.1) is 23.9 Å². The molecule has 1 saturated heterocycles. The minimum Gasteiger partial charge on any atom is -0.381 e. The molecule has 3 rings (SSSR count). The number of morpholine rings is 1. The average Bonchev–Trinajstić information content (AvgIpc) is 2.55. The van der Waals surface area contributed by atoms with Gasteiger partial charge in [-0.2, -0.15) is 0 Å². The van der Waals surface area contributed by atoms with E-state index in [4.69, 9.17) is 27.9 Å². The average molecular weight is 355 g/mol. The maximum Gasteiger partial charge on any atom is 0.129 e. The molecule has 0 unspecified atom stereocenters. The summed E-state index contributed by atoms with van der Waals surface area (Å²) >= 11 is 12.4. The number of rotatable bonds is 4. The Labute approximate surface area is 145 Å². The van der Waals surface area contributed by atoms with Gasteiger partial charge in [0.15, 0.2) is 0 Å². The zero-order valence-electron chi connectivity index (χ0n) is 12.5. The second-order valence-corrected chi connectivity index (χ2v) is 6.13. The lowest BCUT2D eigenvalue weighted by Crippen LogP contribution is -2.36. The second kappa shape index (κ2) is 7.39. The van der Waals surface area contributed by atoms with E-state index in [1.807, 2.05) is 18.2 Å². The fraction of sp³-hybridized carbons (Fsp3) is 0.294. The van der Waals surface area contributed by atoms with Crippen molar-refractivity contribution < 1.29 is 9.13 Å². The lowest BCUT2D eigenvalue weighted by Gasteiger charge is -2.29. The van der Waals surface area contributed by atoms with Gasteiger partial charge in [0.25, 0.3) is 0 Å². The van der Waals surface area contributed by atoms with Crippen molar-refractivity contribution in [1.82, 2.24) is 0 Å². The predicted octanol–water partition coefficient (Wildman–Crippen LogP) is 4.58. The molecule has 0 aliphatic carbocycles. The van der Waals surface area contributed by atoms with Gasteiger partial charge in [-0.05, 0) is 30.3 Å². The highest BCUT2D eigenvalue weighted by Crippen LogP contribution is 2.30. The monoisotopic (exact) mass is 354 g/mol. The predicted molar refractivity (Wildman–Crippen MR) is 93.2 cm³/mol. The Morgan fingerprint density at radius 1 is 1.09 bits per heavy atom. The summed E-state index contributed by atoms with van der Waals surface area (Å²) in [6.45, 7) is 3.39. The van der Waals surface area contributed by atoms with E-state index in [0.717, 1.165) is 24.5 Å². The van der Waals surface area contributed by atoms with Crippen LogP contribution in [0.4, 0.5) is 15.8 Å². The zero-order valence-corrected chi connectivity index (χ0v) is 14.0. The number of halogens is 3. The van der Waals surface area contributed by atoms with E-state index in [-0.39, 0.29) is 5.82 Å². The first-order valence-corrected chi connectivity index (χ1v) is 8.20. The maximum atomic E-state index is 13.8.